The summed E-state index contributed by atoms with van der Waals surface area (Å²) in [6.45, 7) is 4.50. The quantitative estimate of drug-likeness (QED) is 0.771. The van der Waals surface area contributed by atoms with E-state index in [9.17, 15) is 0 Å². The summed E-state index contributed by atoms with van der Waals surface area (Å²) in [6, 6.07) is 4.31. The van der Waals surface area contributed by atoms with Crippen molar-refractivity contribution >= 4 is 33.1 Å². The molecule has 0 saturated carbocycles. The van der Waals surface area contributed by atoms with E-state index in [4.69, 9.17) is 4.74 Å². The molecule has 0 N–H and O–H groups in total. The molecule has 1 aliphatic heterocycles. The Morgan fingerprint density at radius 1 is 1.21 bits per heavy atom. The van der Waals surface area contributed by atoms with Gasteiger partial charge in [-0.1, -0.05) is 0 Å². The van der Waals surface area contributed by atoms with Gasteiger partial charge in [0.1, 0.15) is 0 Å². The first kappa shape index (κ1) is 10.7. The average molecular weight is 291 g/mol. The van der Waals surface area contributed by atoms with Crippen LogP contribution in [0, 0.1) is 0 Å². The van der Waals surface area contributed by atoms with Crippen LogP contribution in [0.25, 0.3) is 0 Å². The Morgan fingerprint density at radius 3 is 2.57 bits per heavy atom. The van der Waals surface area contributed by atoms with Crippen LogP contribution in [0.3, 0.4) is 0 Å². The second-order valence-corrected chi connectivity index (χ2v) is 9.77. The normalized spacial score (nSPS) is 14.6. The molecule has 1 nitrogen and oxygen atoms in total. The predicted molar refractivity (Wildman–Crippen MR) is 64.6 cm³/mol. The number of ether oxygens (including phenoxy) is 1. The Balaban J connectivity index is 2.53. The van der Waals surface area contributed by atoms with Gasteiger partial charge >= 0.3 is 97.9 Å². The molecule has 1 aliphatic rings. The van der Waals surface area contributed by atoms with E-state index in [-0.39, 0.29) is 0 Å². The SMILES string of the molecule is COc1ccc(C(C)C)c2c1S[Se]S2. The zero-order chi connectivity index (χ0) is 10.1. The fraction of sp³-hybridized carbons (Fsp3) is 0.400. The van der Waals surface area contributed by atoms with Crippen molar-refractivity contribution in [1.29, 1.82) is 0 Å². The van der Waals surface area contributed by atoms with Crippen molar-refractivity contribution in [2.75, 3.05) is 7.11 Å². The molecule has 4 heteroatoms. The van der Waals surface area contributed by atoms with Crippen molar-refractivity contribution in [3.63, 3.8) is 0 Å². The molecule has 0 bridgehead atoms. The molecule has 0 fully saturated rings. The van der Waals surface area contributed by atoms with Gasteiger partial charge in [0.25, 0.3) is 0 Å². The fourth-order valence-corrected chi connectivity index (χ4v) is 9.46. The van der Waals surface area contributed by atoms with E-state index >= 15 is 0 Å². The number of rotatable bonds is 2. The van der Waals surface area contributed by atoms with Crippen molar-refractivity contribution in [3.8, 4) is 5.75 Å². The van der Waals surface area contributed by atoms with Crippen LogP contribution in [0.5, 0.6) is 5.75 Å². The van der Waals surface area contributed by atoms with Gasteiger partial charge in [0.05, 0.1) is 0 Å². The third kappa shape index (κ3) is 1.81. The number of methoxy groups -OCH3 is 1. The van der Waals surface area contributed by atoms with Gasteiger partial charge < -0.3 is 0 Å². The van der Waals surface area contributed by atoms with Crippen molar-refractivity contribution in [3.05, 3.63) is 17.7 Å². The summed E-state index contributed by atoms with van der Waals surface area (Å²) in [5, 5.41) is 0. The van der Waals surface area contributed by atoms with Crippen molar-refractivity contribution in [2.45, 2.75) is 29.6 Å². The molecule has 0 saturated heterocycles. The molecule has 0 unspecified atom stereocenters. The van der Waals surface area contributed by atoms with Gasteiger partial charge in [-0.15, -0.1) is 0 Å². The van der Waals surface area contributed by atoms with Gasteiger partial charge in [0.2, 0.25) is 0 Å². The van der Waals surface area contributed by atoms with Gasteiger partial charge in [-0.05, 0) is 0 Å². The van der Waals surface area contributed by atoms with Gasteiger partial charge in [-0.2, -0.15) is 0 Å². The molecular weight excluding hydrogens is 279 g/mol. The molecule has 1 aromatic rings. The Kier molecular flexibility index (Phi) is 3.38. The number of hydrogen-bond donors (Lipinski definition) is 0. The van der Waals surface area contributed by atoms with Crippen LogP contribution in [-0.2, 0) is 0 Å². The fourth-order valence-electron chi connectivity index (χ4n) is 1.43. The molecule has 76 valence electrons. The van der Waals surface area contributed by atoms with E-state index in [0.717, 1.165) is 5.75 Å². The van der Waals surface area contributed by atoms with E-state index in [1.54, 1.807) is 7.11 Å². The van der Waals surface area contributed by atoms with E-state index in [1.165, 1.54) is 15.4 Å². The van der Waals surface area contributed by atoms with Gasteiger partial charge in [-0.25, -0.2) is 0 Å². The van der Waals surface area contributed by atoms with Crippen molar-refractivity contribution < 1.29 is 4.74 Å². The van der Waals surface area contributed by atoms with Crippen LogP contribution in [0.2, 0.25) is 0 Å². The first-order valence-electron chi connectivity index (χ1n) is 4.46. The monoisotopic (exact) mass is 292 g/mol. The van der Waals surface area contributed by atoms with Gasteiger partial charge in [0, 0.05) is 0 Å². The Morgan fingerprint density at radius 2 is 1.93 bits per heavy atom. The third-order valence-corrected chi connectivity index (χ3v) is 8.70. The van der Waals surface area contributed by atoms with E-state index in [2.05, 4.69) is 26.0 Å². The van der Waals surface area contributed by atoms with Crippen LogP contribution in [0.4, 0.5) is 0 Å². The molecule has 0 radical (unpaired) electrons. The first-order valence-corrected chi connectivity index (χ1v) is 10.1. The summed E-state index contributed by atoms with van der Waals surface area (Å²) in [6.07, 6.45) is 0. The minimum absolute atomic E-state index is 0.598. The zero-order valence-corrected chi connectivity index (χ0v) is 11.7. The topological polar surface area (TPSA) is 9.23 Å². The minimum atomic E-state index is 0.598. The van der Waals surface area contributed by atoms with Crippen LogP contribution >= 0.6 is 20.4 Å². The molecule has 1 heterocycles. The van der Waals surface area contributed by atoms with Crippen LogP contribution in [-0.4, -0.2) is 19.8 Å². The summed E-state index contributed by atoms with van der Waals surface area (Å²) in [5.74, 6) is 1.65. The van der Waals surface area contributed by atoms with Crippen LogP contribution in [0.15, 0.2) is 21.9 Å². The summed E-state index contributed by atoms with van der Waals surface area (Å²) < 4.78 is 5.37. The number of hydrogen-bond acceptors (Lipinski definition) is 3. The second kappa shape index (κ2) is 4.40. The summed E-state index contributed by atoms with van der Waals surface area (Å²) >= 11 is 0.598. The summed E-state index contributed by atoms with van der Waals surface area (Å²) in [5.41, 5.74) is 1.47. The zero-order valence-electron chi connectivity index (χ0n) is 8.37. The van der Waals surface area contributed by atoms with E-state index in [1.807, 2.05) is 20.4 Å². The maximum atomic E-state index is 5.37. The molecule has 0 aliphatic carbocycles. The summed E-state index contributed by atoms with van der Waals surface area (Å²) in [7, 11) is 5.70. The molecule has 0 atom stereocenters. The Hall–Kier alpha value is 0.239. The Labute approximate surface area is 97.7 Å². The predicted octanol–water partition coefficient (Wildman–Crippen LogP) is 3.55. The second-order valence-electron chi connectivity index (χ2n) is 3.40. The molecule has 0 spiro atoms. The first-order chi connectivity index (χ1) is 6.74. The van der Waals surface area contributed by atoms with E-state index < -0.39 is 0 Å². The van der Waals surface area contributed by atoms with E-state index in [0.29, 0.717) is 18.6 Å². The van der Waals surface area contributed by atoms with Crippen LogP contribution < -0.4 is 4.74 Å². The van der Waals surface area contributed by atoms with Crippen LogP contribution in [0.1, 0.15) is 25.3 Å². The maximum absolute atomic E-state index is 5.37. The third-order valence-electron chi connectivity index (χ3n) is 2.18. The number of fused-ring (bicyclic) bond motifs is 1. The molecule has 14 heavy (non-hydrogen) atoms. The average Bonchev–Trinajstić information content (AvgIpc) is 2.64. The Bertz CT molecular complexity index is 352. The van der Waals surface area contributed by atoms with Crippen molar-refractivity contribution in [2.24, 2.45) is 0 Å². The molecule has 0 aromatic heterocycles. The number of benzene rings is 1. The van der Waals surface area contributed by atoms with Gasteiger partial charge in [-0.3, -0.25) is 0 Å². The van der Waals surface area contributed by atoms with Crippen molar-refractivity contribution in [1.82, 2.24) is 0 Å². The standard InChI is InChI=1S/C10H12OS2Se/c1-6(2)7-4-5-8(11-3)10-9(7)12-14-13-10/h4-6H,1-3H3. The summed E-state index contributed by atoms with van der Waals surface area (Å²) in [4.78, 5) is 2.83. The molecule has 2 rings (SSSR count). The van der Waals surface area contributed by atoms with Gasteiger partial charge in [0.15, 0.2) is 0 Å². The molecule has 0 amide bonds. The molecule has 1 aromatic carbocycles. The molecular formula is C10H12OS2Se.